The van der Waals surface area contributed by atoms with Crippen molar-refractivity contribution in [3.05, 3.63) is 161 Å². The van der Waals surface area contributed by atoms with Crippen molar-refractivity contribution in [2.24, 2.45) is 41.4 Å². The molecule has 5 N–H and O–H groups in total. The van der Waals surface area contributed by atoms with Gasteiger partial charge in [-0.2, -0.15) is 21.5 Å². The summed E-state index contributed by atoms with van der Waals surface area (Å²) in [4.78, 5) is 64.4. The fraction of sp³-hybridized carbons (Fsp3) is 0.561. The zero-order valence-corrected chi connectivity index (χ0v) is 88.7. The molecule has 0 radical (unpaired) electrons. The van der Waals surface area contributed by atoms with Gasteiger partial charge in [0.15, 0.2) is 0 Å². The van der Waals surface area contributed by atoms with E-state index in [1.807, 2.05) is 46.8 Å². The molecular weight excluding hydrogens is 1990 g/mol. The third kappa shape index (κ3) is 35.6. The van der Waals surface area contributed by atoms with E-state index in [1.54, 1.807) is 120 Å². The van der Waals surface area contributed by atoms with Crippen molar-refractivity contribution in [1.29, 1.82) is 0 Å². The van der Waals surface area contributed by atoms with E-state index in [-0.39, 0.29) is 96.0 Å². The Morgan fingerprint density at radius 2 is 0.783 bits per heavy atom. The molecule has 6 atom stereocenters. The highest BCUT2D eigenvalue weighted by molar-refractivity contribution is 7.99. The molecule has 138 heavy (non-hydrogen) atoms. The average Bonchev–Trinajstić information content (AvgIpc) is 1.50. The minimum absolute atomic E-state index is 0.0119. The summed E-state index contributed by atoms with van der Waals surface area (Å²) < 4.78 is 140. The van der Waals surface area contributed by atoms with Gasteiger partial charge in [-0.05, 0) is 249 Å². The fourth-order valence-corrected chi connectivity index (χ4v) is 26.0. The first-order valence-electron chi connectivity index (χ1n) is 46.7. The molecule has 760 valence electrons. The van der Waals surface area contributed by atoms with Gasteiger partial charge in [-0.25, -0.2) is 42.1 Å². The van der Waals surface area contributed by atoms with Gasteiger partial charge in [0.25, 0.3) is 0 Å². The highest BCUT2D eigenvalue weighted by Crippen LogP contribution is 2.44. The molecule has 6 unspecified atom stereocenters. The Labute approximate surface area is 844 Å². The maximum absolute atomic E-state index is 12.8. The molecule has 8 bridgehead atoms. The number of carboxylic acids is 1. The first kappa shape index (κ1) is 117. The molecule has 29 nitrogen and oxygen atoms in total. The highest BCUT2D eigenvalue weighted by atomic mass is 35.5. The average molecular weight is 2120 g/mol. The van der Waals surface area contributed by atoms with E-state index in [9.17, 15) is 71.2 Å². The van der Waals surface area contributed by atoms with Crippen molar-refractivity contribution < 1.29 is 90.2 Å². The lowest BCUT2D eigenvalue weighted by Crippen LogP contribution is -2.53. The van der Waals surface area contributed by atoms with E-state index < -0.39 is 73.8 Å². The minimum atomic E-state index is -3.65. The Balaban J connectivity index is 0.000000194. The van der Waals surface area contributed by atoms with Gasteiger partial charge in [0, 0.05) is 175 Å². The van der Waals surface area contributed by atoms with E-state index in [4.69, 9.17) is 56.9 Å². The minimum Gasteiger partial charge on any atom is -0.481 e. The van der Waals surface area contributed by atoms with Gasteiger partial charge in [0.2, 0.25) is 50.1 Å². The van der Waals surface area contributed by atoms with E-state index >= 15 is 0 Å². The smallest absolute Gasteiger partial charge is 0.306 e. The van der Waals surface area contributed by atoms with E-state index in [0.717, 1.165) is 113 Å². The van der Waals surface area contributed by atoms with Crippen LogP contribution in [0.25, 0.3) is 0 Å². The first-order valence-corrected chi connectivity index (χ1v) is 58.5. The molecule has 0 amide bonds. The zero-order chi connectivity index (χ0) is 101. The molecule has 0 spiro atoms. The normalized spacial score (nSPS) is 24.2. The van der Waals surface area contributed by atoms with Crippen LogP contribution < -0.4 is 10.6 Å². The van der Waals surface area contributed by atoms with Crippen LogP contribution in [0.2, 0.25) is 0 Å². The predicted octanol–water partition coefficient (Wildman–Crippen LogP) is 12.8. The summed E-state index contributed by atoms with van der Waals surface area (Å²) in [5.74, 6) is 11.3. The predicted molar refractivity (Wildman–Crippen MR) is 544 cm³/mol. The van der Waals surface area contributed by atoms with Crippen LogP contribution in [0.4, 0.5) is 0 Å². The number of aliphatic hydroxyl groups excluding tert-OH is 2. The lowest BCUT2D eigenvalue weighted by molar-refractivity contribution is -0.148. The van der Waals surface area contributed by atoms with Crippen molar-refractivity contribution >= 4 is 147 Å². The summed E-state index contributed by atoms with van der Waals surface area (Å²) in [5.41, 5.74) is 6.45. The number of alkyl halides is 3. The Morgan fingerprint density at radius 1 is 0.449 bits per heavy atom. The highest BCUT2D eigenvalue weighted by Gasteiger charge is 2.52. The van der Waals surface area contributed by atoms with Crippen LogP contribution >= 0.6 is 67.3 Å². The number of rotatable bonds is 14. The Kier molecular flexibility index (Phi) is 49.1. The molecule has 19 rings (SSSR count). The second-order valence-corrected chi connectivity index (χ2v) is 48.7. The molecule has 5 aromatic rings. The van der Waals surface area contributed by atoms with Crippen LogP contribution in [0.3, 0.4) is 0 Å². The van der Waals surface area contributed by atoms with Gasteiger partial charge < -0.3 is 30.9 Å². The number of hydrogen-bond donors (Lipinski definition) is 5. The number of carboxylic acid groups (broad SMARTS) is 1. The number of aryl methyl sites for hydroxylation is 5. The molecule has 5 aromatic carbocycles. The number of fused-ring (bicyclic) bond motifs is 4. The molecule has 10 saturated heterocycles. The summed E-state index contributed by atoms with van der Waals surface area (Å²) in [7, 11) is -16.2. The number of piperidine rings is 6. The van der Waals surface area contributed by atoms with Crippen LogP contribution in [-0.4, -0.2) is 278 Å². The van der Waals surface area contributed by atoms with E-state index in [0.29, 0.717) is 115 Å². The van der Waals surface area contributed by atoms with Gasteiger partial charge in [0.1, 0.15) is 47.0 Å². The van der Waals surface area contributed by atoms with Crippen molar-refractivity contribution in [3.63, 3.8) is 0 Å². The van der Waals surface area contributed by atoms with Gasteiger partial charge in [-0.15, -0.1) is 52.2 Å². The maximum atomic E-state index is 12.8. The van der Waals surface area contributed by atoms with Crippen LogP contribution in [0, 0.1) is 111 Å². The Morgan fingerprint density at radius 3 is 1.11 bits per heavy atom. The second-order valence-electron chi connectivity index (χ2n) is 35.9. The summed E-state index contributed by atoms with van der Waals surface area (Å²) in [6.45, 7) is 27.6. The number of halogens is 4. The number of ketones is 4. The Bertz CT molecular complexity index is 5530. The molecule has 11 heterocycles. The number of Topliss-reactive ketones (excluding diaryl/α,β-unsaturated/α-hetero) is 4. The van der Waals surface area contributed by atoms with E-state index in [1.165, 1.54) is 74.5 Å². The monoisotopic (exact) mass is 2120 g/mol. The van der Waals surface area contributed by atoms with Crippen molar-refractivity contribution in [3.8, 4) is 34.9 Å². The molecule has 40 heteroatoms. The number of carbonyl (C=O) groups excluding carboxylic acids is 4. The number of hydrogen-bond acceptors (Lipinski definition) is 24. The van der Waals surface area contributed by atoms with Crippen LogP contribution in [-0.2, 0) is 82.9 Å². The SMILES string of the molecule is C1CCNC1.CC#CC#CC#CSOOCl.CPC.Cc1ccc(S(=O)(=O)N2CC3CC(C(=O)O)CC(C2)C3=O)cc1.Cc1ccc(S(=O)(=O)N2CC3CC(Cl)CC(C2)C3=O)cc1.Cc1ccc(S(=O)(=O)N2CC=C(N3CCCC3)CC2)cc1.Cc1ccc(S(=O)(=O)N2CCC(=O)CC2)cc1.Cc1ccc(S(=O)(=O)N2CCC(O)CC2)cc1.ClCCl.O=C1C2CC3CC1CN3C2.OC1CCNCC1. The van der Waals surface area contributed by atoms with Gasteiger partial charge in [0.05, 0.1) is 47.9 Å². The third-order valence-electron chi connectivity index (χ3n) is 25.6. The molecule has 14 aliphatic rings. The summed E-state index contributed by atoms with van der Waals surface area (Å²) >= 11 is 21.1. The molecule has 13 fully saturated rings. The number of aliphatic hydroxyl groups is 2. The summed E-state index contributed by atoms with van der Waals surface area (Å²) in [5, 5.41) is 36.4. The topological polar surface area (TPSA) is 382 Å². The number of nitrogens with zero attached hydrogens (tertiary/aromatic N) is 7. The summed E-state index contributed by atoms with van der Waals surface area (Å²) in [6, 6.07) is 35.0. The van der Waals surface area contributed by atoms with Crippen LogP contribution in [0.15, 0.2) is 158 Å². The van der Waals surface area contributed by atoms with Gasteiger partial charge in [-0.3, -0.25) is 28.9 Å². The second kappa shape index (κ2) is 58.0. The largest absolute Gasteiger partial charge is 0.481 e. The number of benzene rings is 5. The van der Waals surface area contributed by atoms with Gasteiger partial charge >= 0.3 is 5.97 Å². The molecular formula is C98H134Cl4N9O20PS6. The molecule has 11 aliphatic heterocycles. The molecule has 3 saturated carbocycles. The molecule has 3 aliphatic carbocycles. The molecule has 0 aromatic heterocycles. The van der Waals surface area contributed by atoms with Gasteiger partial charge in [-0.1, -0.05) is 100 Å². The number of nitrogens with one attached hydrogen (secondary N) is 2. The van der Waals surface area contributed by atoms with Crippen molar-refractivity contribution in [2.45, 2.75) is 199 Å². The summed E-state index contributed by atoms with van der Waals surface area (Å²) in [6.07, 6.45) is 15.3. The van der Waals surface area contributed by atoms with Crippen LogP contribution in [0.1, 0.15) is 144 Å². The Hall–Kier alpha value is -6.32. The number of likely N-dealkylation sites (tertiary alicyclic amines) is 1. The zero-order valence-electron chi connectivity index (χ0n) is 79.8. The van der Waals surface area contributed by atoms with E-state index in [2.05, 4.69) is 83.5 Å². The fourth-order valence-electron chi connectivity index (χ4n) is 18.0. The van der Waals surface area contributed by atoms with Crippen LogP contribution in [0.5, 0.6) is 0 Å². The number of aliphatic carboxylic acids is 1. The third-order valence-corrected chi connectivity index (χ3v) is 35.8. The standard InChI is InChI=1S/C16H22N2O2S.C16H19NO5S.C15H18ClNO3S.C12H17NO3S.C12H15NO3S.C8H11NO.C7H3ClO2S.C5H11NO.C4H9N.C2H7P.CH2Cl2/c1-14-4-6-16(7-5-14)21(19,20)18-12-8-15(9-13-18)17-10-2-3-11-17;1-10-2-4-14(5-3-10)23(21,22)17-8-12-6-11(16(19)20)7-13(9-17)15(12)18;1-10-2-4-14(5-3-10)21(19,20)17-8-11-6-13(16)7-12(9-17)15(11)18;2*1-10-2-4-12(5-3-10)17(15,16)13-8-6-11(14)7-9-13;10-8-5-1-7-2-6(8)4-9(7)3-5;1-2-3-4-5-6-7-11-10-9-8;7-5-1-3-6-4-2-5;1-2-4-5-3-1;1-3-2;2-1-3/h4-8H,2-3,9-13H2,1H3;2-5,11-13H,6-9H2,1H3,(H,19,20);2-5,11-13H,6-9H2,1H3;2-5,11,14H,6-9H2,1H3;2-5H,6-9H2,1H3;5-7H,1-4H2;1H3;5-7H,1-4H2;5H,1-4H2;3H,1-2H3;1H2. The maximum Gasteiger partial charge on any atom is 0.306 e. The van der Waals surface area contributed by atoms with Crippen molar-refractivity contribution in [2.75, 3.05) is 136 Å². The first-order chi connectivity index (χ1) is 65.7. The number of sulfonamides is 5. The quantitative estimate of drug-likeness (QED) is 0.0131. The lowest BCUT2D eigenvalue weighted by atomic mass is 9.72. The number of carbonyl (C=O) groups is 5. The lowest BCUT2D eigenvalue weighted by Gasteiger charge is -2.41. The van der Waals surface area contributed by atoms with Crippen molar-refractivity contribution in [1.82, 2.24) is 42.0 Å².